The predicted octanol–water partition coefficient (Wildman–Crippen LogP) is 6.23. The van der Waals surface area contributed by atoms with E-state index in [1.807, 2.05) is 24.4 Å². The quantitative estimate of drug-likeness (QED) is 0.151. The van der Waals surface area contributed by atoms with E-state index < -0.39 is 0 Å². The average molecular weight is 592 g/mol. The maximum atomic E-state index is 10.0. The zero-order chi connectivity index (χ0) is 20.4. The van der Waals surface area contributed by atoms with Gasteiger partial charge in [-0.15, -0.1) is 35.6 Å². The SMILES string of the molecule is CC(=O)/C=C(/C)O.[Ir].[c-]1cccc2c1c1ncccc1n2-c1cc2ccccc2s1. The van der Waals surface area contributed by atoms with Crippen LogP contribution in [-0.2, 0) is 24.9 Å². The Bertz CT molecular complexity index is 1280. The van der Waals surface area contributed by atoms with Crippen molar-refractivity contribution < 1.29 is 30.0 Å². The summed E-state index contributed by atoms with van der Waals surface area (Å²) in [6, 6.07) is 24.3. The Hall–Kier alpha value is -2.79. The van der Waals surface area contributed by atoms with E-state index in [-0.39, 0.29) is 31.6 Å². The summed E-state index contributed by atoms with van der Waals surface area (Å²) < 4.78 is 3.59. The van der Waals surface area contributed by atoms with Gasteiger partial charge in [-0.1, -0.05) is 23.6 Å². The number of carbonyl (C=O) groups is 1. The molecule has 0 bridgehead atoms. The first kappa shape index (κ1) is 21.9. The summed E-state index contributed by atoms with van der Waals surface area (Å²) in [7, 11) is 0. The smallest absolute Gasteiger partial charge is 0.155 e. The Kier molecular flexibility index (Phi) is 6.83. The van der Waals surface area contributed by atoms with Crippen LogP contribution in [-0.4, -0.2) is 20.4 Å². The molecule has 0 saturated carbocycles. The molecule has 3 heterocycles. The van der Waals surface area contributed by atoms with Crippen LogP contribution in [0.15, 0.2) is 78.7 Å². The Morgan fingerprint density at radius 1 is 1.10 bits per heavy atom. The van der Waals surface area contributed by atoms with E-state index in [0.29, 0.717) is 0 Å². The molecule has 0 amide bonds. The molecule has 153 valence electrons. The van der Waals surface area contributed by atoms with E-state index in [2.05, 4.69) is 58.1 Å². The van der Waals surface area contributed by atoms with Crippen LogP contribution in [0, 0.1) is 6.07 Å². The van der Waals surface area contributed by atoms with Crippen LogP contribution in [0.4, 0.5) is 0 Å². The van der Waals surface area contributed by atoms with E-state index in [9.17, 15) is 4.79 Å². The van der Waals surface area contributed by atoms with E-state index >= 15 is 0 Å². The number of thiophene rings is 1. The fourth-order valence-electron chi connectivity index (χ4n) is 3.31. The third kappa shape index (κ3) is 4.36. The molecule has 0 aliphatic heterocycles. The summed E-state index contributed by atoms with van der Waals surface area (Å²) in [6.45, 7) is 2.85. The van der Waals surface area contributed by atoms with Gasteiger partial charge in [0.1, 0.15) is 0 Å². The van der Waals surface area contributed by atoms with Gasteiger partial charge >= 0.3 is 0 Å². The number of fused-ring (bicyclic) bond motifs is 4. The number of aliphatic hydroxyl groups is 1. The van der Waals surface area contributed by atoms with E-state index in [4.69, 9.17) is 5.11 Å². The molecule has 1 radical (unpaired) electrons. The molecule has 0 atom stereocenters. The molecular formula is C24H19IrN2O2S-. The Morgan fingerprint density at radius 3 is 2.57 bits per heavy atom. The van der Waals surface area contributed by atoms with Crippen molar-refractivity contribution >= 4 is 49.1 Å². The summed E-state index contributed by atoms with van der Waals surface area (Å²) in [5.41, 5.74) is 3.30. The third-order valence-corrected chi connectivity index (χ3v) is 5.49. The normalized spacial score (nSPS) is 11.2. The molecule has 6 heteroatoms. The number of hydrogen-bond acceptors (Lipinski definition) is 4. The first-order chi connectivity index (χ1) is 14.0. The minimum absolute atomic E-state index is 0. The van der Waals surface area contributed by atoms with Crippen molar-refractivity contribution in [1.29, 1.82) is 0 Å². The third-order valence-electron chi connectivity index (χ3n) is 4.38. The van der Waals surface area contributed by atoms with Gasteiger partial charge in [0.15, 0.2) is 5.78 Å². The van der Waals surface area contributed by atoms with Gasteiger partial charge in [-0.25, -0.2) is 0 Å². The number of rotatable bonds is 2. The van der Waals surface area contributed by atoms with Crippen LogP contribution >= 0.6 is 11.3 Å². The van der Waals surface area contributed by atoms with Crippen molar-refractivity contribution in [3.05, 3.63) is 84.8 Å². The summed E-state index contributed by atoms with van der Waals surface area (Å²) in [5, 5.41) is 11.9. The molecule has 2 aromatic carbocycles. The molecule has 0 aliphatic carbocycles. The predicted molar refractivity (Wildman–Crippen MR) is 120 cm³/mol. The molecule has 0 saturated heterocycles. The maximum Gasteiger partial charge on any atom is 0.155 e. The molecular weight excluding hydrogens is 573 g/mol. The van der Waals surface area contributed by atoms with Crippen molar-refractivity contribution in [3.63, 3.8) is 0 Å². The van der Waals surface area contributed by atoms with Crippen molar-refractivity contribution in [3.8, 4) is 5.00 Å². The van der Waals surface area contributed by atoms with Gasteiger partial charge in [-0.3, -0.25) is 4.79 Å². The van der Waals surface area contributed by atoms with Crippen LogP contribution in [0.3, 0.4) is 0 Å². The summed E-state index contributed by atoms with van der Waals surface area (Å²) in [6.07, 6.45) is 3.01. The number of aliphatic hydroxyl groups excluding tert-OH is 1. The fraction of sp³-hybridized carbons (Fsp3) is 0.0833. The second-order valence-corrected chi connectivity index (χ2v) is 7.72. The number of ketones is 1. The maximum absolute atomic E-state index is 10.0. The van der Waals surface area contributed by atoms with Gasteiger partial charge in [0.2, 0.25) is 0 Å². The number of nitrogens with zero attached hydrogens (tertiary/aromatic N) is 2. The van der Waals surface area contributed by atoms with Crippen molar-refractivity contribution in [2.45, 2.75) is 13.8 Å². The Balaban J connectivity index is 0.000000281. The van der Waals surface area contributed by atoms with E-state index in [0.717, 1.165) is 21.9 Å². The van der Waals surface area contributed by atoms with Crippen molar-refractivity contribution in [1.82, 2.24) is 9.55 Å². The first-order valence-corrected chi connectivity index (χ1v) is 9.99. The second-order valence-electron chi connectivity index (χ2n) is 6.66. The number of allylic oxidation sites excluding steroid dienone is 2. The molecule has 3 aromatic heterocycles. The van der Waals surface area contributed by atoms with Gasteiger partial charge < -0.3 is 14.7 Å². The monoisotopic (exact) mass is 592 g/mol. The number of pyridine rings is 1. The van der Waals surface area contributed by atoms with Crippen molar-refractivity contribution in [2.24, 2.45) is 0 Å². The molecule has 0 fully saturated rings. The zero-order valence-electron chi connectivity index (χ0n) is 16.4. The standard InChI is InChI=1S/C19H11N2S.C5H8O2.Ir/c1-4-10-17-13(6-1)12-18(22-17)21-15-8-3-2-7-14(15)19-16(21)9-5-11-20-19;1-4(6)3-5(2)7;/h1-6,8-12H;3,6H,1-2H3;/q-1;;/b;4-3-;. The van der Waals surface area contributed by atoms with Gasteiger partial charge in [-0.2, -0.15) is 0 Å². The van der Waals surface area contributed by atoms with Crippen LogP contribution < -0.4 is 0 Å². The molecule has 0 unspecified atom stereocenters. The first-order valence-electron chi connectivity index (χ1n) is 9.17. The molecule has 4 nitrogen and oxygen atoms in total. The summed E-state index contributed by atoms with van der Waals surface area (Å²) >= 11 is 1.81. The largest absolute Gasteiger partial charge is 0.512 e. The summed E-state index contributed by atoms with van der Waals surface area (Å²) in [4.78, 5) is 14.6. The van der Waals surface area contributed by atoms with Crippen LogP contribution in [0.2, 0.25) is 0 Å². The Labute approximate surface area is 191 Å². The topological polar surface area (TPSA) is 55.1 Å². The fourth-order valence-corrected chi connectivity index (χ4v) is 4.40. The number of aromatic nitrogens is 2. The average Bonchev–Trinajstić information content (AvgIpc) is 3.26. The van der Waals surface area contributed by atoms with Crippen LogP contribution in [0.25, 0.3) is 37.0 Å². The van der Waals surface area contributed by atoms with Crippen molar-refractivity contribution in [2.75, 3.05) is 0 Å². The van der Waals surface area contributed by atoms with E-state index in [1.165, 1.54) is 35.0 Å². The molecule has 5 aromatic rings. The number of carbonyl (C=O) groups excluding carboxylic acids is 1. The number of hydrogen-bond donors (Lipinski definition) is 1. The molecule has 5 rings (SSSR count). The molecule has 1 N–H and O–H groups in total. The summed E-state index contributed by atoms with van der Waals surface area (Å²) in [5.74, 6) is -0.0625. The van der Waals surface area contributed by atoms with Crippen LogP contribution in [0.5, 0.6) is 0 Å². The van der Waals surface area contributed by atoms with Crippen LogP contribution in [0.1, 0.15) is 13.8 Å². The van der Waals surface area contributed by atoms with Gasteiger partial charge in [0, 0.05) is 48.1 Å². The zero-order valence-corrected chi connectivity index (χ0v) is 19.6. The Morgan fingerprint density at radius 2 is 1.87 bits per heavy atom. The molecule has 0 spiro atoms. The minimum atomic E-state index is -0.125. The minimum Gasteiger partial charge on any atom is -0.512 e. The molecule has 0 aliphatic rings. The van der Waals surface area contributed by atoms with Gasteiger partial charge in [0.25, 0.3) is 0 Å². The van der Waals surface area contributed by atoms with E-state index in [1.54, 1.807) is 11.3 Å². The number of benzene rings is 2. The van der Waals surface area contributed by atoms with Gasteiger partial charge in [-0.05, 0) is 49.0 Å². The second kappa shape index (κ2) is 9.35. The molecule has 30 heavy (non-hydrogen) atoms. The van der Waals surface area contributed by atoms with Gasteiger partial charge in [0.05, 0.1) is 10.8 Å².